The molecule has 0 unspecified atom stereocenters. The van der Waals surface area contributed by atoms with E-state index in [4.69, 9.17) is 0 Å². The molecule has 30 heavy (non-hydrogen) atoms. The maximum Gasteiger partial charge on any atom is 0.288 e. The number of benzene rings is 2. The van der Waals surface area contributed by atoms with Crippen LogP contribution in [-0.2, 0) is 4.79 Å². The van der Waals surface area contributed by atoms with Gasteiger partial charge in [-0.3, -0.25) is 9.59 Å². The molecule has 1 aromatic heterocycles. The lowest BCUT2D eigenvalue weighted by molar-refractivity contribution is -0.118. The first kappa shape index (κ1) is 22.6. The van der Waals surface area contributed by atoms with Crippen LogP contribution in [0.4, 0.5) is 13.9 Å². The maximum atomic E-state index is 12.8. The summed E-state index contributed by atoms with van der Waals surface area (Å²) in [4.78, 5) is 30.1. The Hall–Kier alpha value is -2.04. The zero-order valence-corrected chi connectivity index (χ0v) is 19.2. The molecule has 0 aliphatic carbocycles. The van der Waals surface area contributed by atoms with Gasteiger partial charge < -0.3 is 10.6 Å². The van der Waals surface area contributed by atoms with Gasteiger partial charge in [-0.2, -0.15) is 8.78 Å². The number of aromatic nitrogens is 1. The van der Waals surface area contributed by atoms with E-state index in [-0.39, 0.29) is 11.8 Å². The molecular weight excluding hydrogens is 496 g/mol. The second-order valence-corrected chi connectivity index (χ2v) is 9.73. The standard InChI is InChI=1S/C20H18BrF2N3O2S2/c1-10(2)16(25-17(27)11-3-5-12(21)6-4-11)18(28)26-20-24-14-8-7-13(29-19(22)23)9-15(14)30-20/h3-10,16,19H,1-2H3,(H,25,27)(H,24,26,28)/t16-/m0/s1. The first-order valence-electron chi connectivity index (χ1n) is 8.95. The largest absolute Gasteiger partial charge is 0.340 e. The van der Waals surface area contributed by atoms with Gasteiger partial charge in [0.15, 0.2) is 5.13 Å². The van der Waals surface area contributed by atoms with Crippen molar-refractivity contribution in [3.8, 4) is 0 Å². The number of carbonyl (C=O) groups is 2. The average molecular weight is 514 g/mol. The van der Waals surface area contributed by atoms with Crippen LogP contribution in [-0.4, -0.2) is 28.6 Å². The Labute approximate surface area is 188 Å². The summed E-state index contributed by atoms with van der Waals surface area (Å²) in [5, 5.41) is 5.84. The van der Waals surface area contributed by atoms with Gasteiger partial charge in [0.05, 0.1) is 10.2 Å². The number of hydrogen-bond acceptors (Lipinski definition) is 5. The Morgan fingerprint density at radius 2 is 1.83 bits per heavy atom. The lowest BCUT2D eigenvalue weighted by atomic mass is 10.0. The third-order valence-corrected chi connectivity index (χ3v) is 6.32. The van der Waals surface area contributed by atoms with Crippen LogP contribution in [0.5, 0.6) is 0 Å². The number of hydrogen-bond donors (Lipinski definition) is 2. The van der Waals surface area contributed by atoms with E-state index in [2.05, 4.69) is 31.5 Å². The van der Waals surface area contributed by atoms with Crippen LogP contribution in [0.1, 0.15) is 24.2 Å². The summed E-state index contributed by atoms with van der Waals surface area (Å²) in [5.41, 5.74) is 1.05. The normalized spacial score (nSPS) is 12.4. The summed E-state index contributed by atoms with van der Waals surface area (Å²) < 4.78 is 26.7. The topological polar surface area (TPSA) is 71.1 Å². The molecule has 0 aliphatic rings. The van der Waals surface area contributed by atoms with Crippen molar-refractivity contribution in [1.29, 1.82) is 0 Å². The lowest BCUT2D eigenvalue weighted by Gasteiger charge is -2.21. The van der Waals surface area contributed by atoms with Gasteiger partial charge in [0.2, 0.25) is 5.91 Å². The van der Waals surface area contributed by atoms with E-state index in [1.807, 2.05) is 13.8 Å². The lowest BCUT2D eigenvalue weighted by Crippen LogP contribution is -2.47. The van der Waals surface area contributed by atoms with E-state index in [9.17, 15) is 18.4 Å². The molecular formula is C20H18BrF2N3O2S2. The molecule has 0 bridgehead atoms. The fourth-order valence-electron chi connectivity index (χ4n) is 2.68. The molecule has 158 valence electrons. The van der Waals surface area contributed by atoms with Crippen LogP contribution < -0.4 is 10.6 Å². The Bertz CT molecular complexity index is 1060. The Kier molecular flexibility index (Phi) is 7.43. The minimum atomic E-state index is -2.50. The molecule has 2 amide bonds. The molecule has 10 heteroatoms. The third kappa shape index (κ3) is 5.77. The summed E-state index contributed by atoms with van der Waals surface area (Å²) in [5.74, 6) is -3.41. The molecule has 0 spiro atoms. The molecule has 1 atom stereocenters. The van der Waals surface area contributed by atoms with Gasteiger partial charge in [-0.15, -0.1) is 0 Å². The maximum absolute atomic E-state index is 12.8. The summed E-state index contributed by atoms with van der Waals surface area (Å²) in [6.07, 6.45) is 0. The number of amides is 2. The molecule has 3 rings (SSSR count). The van der Waals surface area contributed by atoms with Crippen molar-refractivity contribution >= 4 is 66.2 Å². The molecule has 2 N–H and O–H groups in total. The number of fused-ring (bicyclic) bond motifs is 1. The first-order valence-corrected chi connectivity index (χ1v) is 11.4. The van der Waals surface area contributed by atoms with Crippen LogP contribution in [0.15, 0.2) is 51.8 Å². The zero-order valence-electron chi connectivity index (χ0n) is 16.0. The number of thiazole rings is 1. The molecule has 0 aliphatic heterocycles. The number of nitrogens with one attached hydrogen (secondary N) is 2. The van der Waals surface area contributed by atoms with Crippen LogP contribution in [0.3, 0.4) is 0 Å². The number of carbonyl (C=O) groups excluding carboxylic acids is 2. The second-order valence-electron chi connectivity index (χ2n) is 6.72. The highest BCUT2D eigenvalue weighted by molar-refractivity contribution is 9.10. The number of halogens is 3. The minimum Gasteiger partial charge on any atom is -0.340 e. The number of rotatable bonds is 7. The Morgan fingerprint density at radius 1 is 1.13 bits per heavy atom. The quantitative estimate of drug-likeness (QED) is 0.393. The highest BCUT2D eigenvalue weighted by Gasteiger charge is 2.25. The summed E-state index contributed by atoms with van der Waals surface area (Å²) in [7, 11) is 0. The van der Waals surface area contributed by atoms with E-state index in [1.165, 1.54) is 11.3 Å². The van der Waals surface area contributed by atoms with Gasteiger partial charge in [-0.25, -0.2) is 4.98 Å². The highest BCUT2D eigenvalue weighted by Crippen LogP contribution is 2.32. The first-order chi connectivity index (χ1) is 14.2. The summed E-state index contributed by atoms with van der Waals surface area (Å²) in [6, 6.07) is 10.9. The van der Waals surface area contributed by atoms with Crippen molar-refractivity contribution in [2.45, 2.75) is 30.5 Å². The van der Waals surface area contributed by atoms with Crippen molar-refractivity contribution in [2.75, 3.05) is 5.32 Å². The van der Waals surface area contributed by atoms with Gasteiger partial charge in [0.1, 0.15) is 6.04 Å². The summed E-state index contributed by atoms with van der Waals surface area (Å²) in [6.45, 7) is 3.66. The number of thioether (sulfide) groups is 1. The Morgan fingerprint density at radius 3 is 2.47 bits per heavy atom. The van der Waals surface area contributed by atoms with E-state index in [0.29, 0.717) is 37.6 Å². The second kappa shape index (κ2) is 9.84. The van der Waals surface area contributed by atoms with Crippen molar-refractivity contribution in [3.63, 3.8) is 0 Å². The molecule has 5 nitrogen and oxygen atoms in total. The fraction of sp³-hybridized carbons (Fsp3) is 0.250. The minimum absolute atomic E-state index is 0.159. The molecule has 0 fully saturated rings. The number of anilines is 1. The van der Waals surface area contributed by atoms with Crippen LogP contribution in [0.2, 0.25) is 0 Å². The van der Waals surface area contributed by atoms with Crippen molar-refractivity contribution < 1.29 is 18.4 Å². The predicted molar refractivity (Wildman–Crippen MR) is 120 cm³/mol. The monoisotopic (exact) mass is 513 g/mol. The predicted octanol–water partition coefficient (Wildman–Crippen LogP) is 5.77. The van der Waals surface area contributed by atoms with E-state index in [0.717, 1.165) is 4.47 Å². The Balaban J connectivity index is 1.72. The SMILES string of the molecule is CC(C)[C@H](NC(=O)c1ccc(Br)cc1)C(=O)Nc1nc2ccc(SC(F)F)cc2s1. The van der Waals surface area contributed by atoms with E-state index >= 15 is 0 Å². The van der Waals surface area contributed by atoms with Gasteiger partial charge >= 0.3 is 0 Å². The molecule has 2 aromatic carbocycles. The molecule has 0 radical (unpaired) electrons. The molecule has 3 aromatic rings. The summed E-state index contributed by atoms with van der Waals surface area (Å²) >= 11 is 4.97. The van der Waals surface area contributed by atoms with E-state index < -0.39 is 17.7 Å². The molecule has 0 saturated heterocycles. The number of nitrogens with zero attached hydrogens (tertiary/aromatic N) is 1. The van der Waals surface area contributed by atoms with Gasteiger partial charge in [0, 0.05) is 14.9 Å². The fourth-order valence-corrected chi connectivity index (χ4v) is 4.46. The van der Waals surface area contributed by atoms with Crippen molar-refractivity contribution in [1.82, 2.24) is 10.3 Å². The smallest absolute Gasteiger partial charge is 0.288 e. The van der Waals surface area contributed by atoms with Gasteiger partial charge in [-0.05, 0) is 48.4 Å². The van der Waals surface area contributed by atoms with Crippen LogP contribution >= 0.6 is 39.0 Å². The van der Waals surface area contributed by atoms with Gasteiger partial charge in [-0.1, -0.05) is 52.9 Å². The van der Waals surface area contributed by atoms with Crippen molar-refractivity contribution in [2.24, 2.45) is 5.92 Å². The van der Waals surface area contributed by atoms with E-state index in [1.54, 1.807) is 42.5 Å². The molecule has 1 heterocycles. The van der Waals surface area contributed by atoms with Crippen molar-refractivity contribution in [3.05, 3.63) is 52.5 Å². The third-order valence-electron chi connectivity index (χ3n) is 4.16. The van der Waals surface area contributed by atoms with Gasteiger partial charge in [0.25, 0.3) is 11.7 Å². The highest BCUT2D eigenvalue weighted by atomic mass is 79.9. The number of alkyl halides is 2. The zero-order chi connectivity index (χ0) is 21.8. The van der Waals surface area contributed by atoms with Crippen LogP contribution in [0.25, 0.3) is 10.2 Å². The average Bonchev–Trinajstić information content (AvgIpc) is 3.07. The molecule has 0 saturated carbocycles. The van der Waals surface area contributed by atoms with Crippen LogP contribution in [0, 0.1) is 5.92 Å².